The number of aromatic nitrogens is 1. The minimum absolute atomic E-state index is 0.0549. The van der Waals surface area contributed by atoms with Gasteiger partial charge in [-0.15, -0.1) is 0 Å². The third kappa shape index (κ3) is 4.02. The van der Waals surface area contributed by atoms with Crippen molar-refractivity contribution in [3.63, 3.8) is 0 Å². The monoisotopic (exact) mass is 347 g/mol. The molecule has 26 heavy (non-hydrogen) atoms. The third-order valence-electron chi connectivity index (χ3n) is 4.42. The lowest BCUT2D eigenvalue weighted by Gasteiger charge is -2.13. The Kier molecular flexibility index (Phi) is 5.52. The molecule has 3 aromatic rings. The van der Waals surface area contributed by atoms with Gasteiger partial charge in [-0.1, -0.05) is 49.2 Å². The lowest BCUT2D eigenvalue weighted by atomic mass is 10.1. The number of carbonyl (C=O) groups is 1. The number of pyridine rings is 1. The lowest BCUT2D eigenvalue weighted by molar-refractivity contribution is 0.0955. The van der Waals surface area contributed by atoms with Crippen LogP contribution in [0.25, 0.3) is 10.9 Å². The van der Waals surface area contributed by atoms with E-state index in [1.165, 1.54) is 5.56 Å². The van der Waals surface area contributed by atoms with Gasteiger partial charge in [-0.05, 0) is 44.0 Å². The first kappa shape index (κ1) is 17.9. The third-order valence-corrected chi connectivity index (χ3v) is 4.42. The molecule has 0 saturated carbocycles. The van der Waals surface area contributed by atoms with Gasteiger partial charge in [0.25, 0.3) is 5.91 Å². The van der Waals surface area contributed by atoms with E-state index in [2.05, 4.69) is 48.5 Å². The molecule has 2 N–H and O–H groups in total. The van der Waals surface area contributed by atoms with E-state index in [4.69, 9.17) is 0 Å². The number of unbranched alkanes of at least 4 members (excludes halogenated alkanes) is 1. The molecule has 134 valence electrons. The van der Waals surface area contributed by atoms with Gasteiger partial charge in [0.15, 0.2) is 0 Å². The number of nitrogens with zero attached hydrogens (tertiary/aromatic N) is 1. The Morgan fingerprint density at radius 1 is 1.08 bits per heavy atom. The van der Waals surface area contributed by atoms with Crippen LogP contribution < -0.4 is 10.6 Å². The highest BCUT2D eigenvalue weighted by Crippen LogP contribution is 2.25. The second kappa shape index (κ2) is 8.00. The van der Waals surface area contributed by atoms with Crippen LogP contribution >= 0.6 is 0 Å². The van der Waals surface area contributed by atoms with Crippen molar-refractivity contribution < 1.29 is 4.79 Å². The van der Waals surface area contributed by atoms with E-state index in [9.17, 15) is 4.79 Å². The predicted molar refractivity (Wildman–Crippen MR) is 108 cm³/mol. The Morgan fingerprint density at radius 2 is 1.88 bits per heavy atom. The molecule has 0 fully saturated rings. The lowest BCUT2D eigenvalue weighted by Crippen LogP contribution is -2.24. The second-order valence-corrected chi connectivity index (χ2v) is 6.63. The number of aryl methyl sites for hydroxylation is 2. The van der Waals surface area contributed by atoms with Crippen LogP contribution in [-0.2, 0) is 0 Å². The second-order valence-electron chi connectivity index (χ2n) is 6.63. The summed E-state index contributed by atoms with van der Waals surface area (Å²) in [4.78, 5) is 17.4. The van der Waals surface area contributed by atoms with Gasteiger partial charge < -0.3 is 10.6 Å². The van der Waals surface area contributed by atoms with Gasteiger partial charge in [-0.2, -0.15) is 0 Å². The number of carbonyl (C=O) groups excluding carboxylic acids is 1. The Morgan fingerprint density at radius 3 is 2.65 bits per heavy atom. The molecule has 0 unspecified atom stereocenters. The van der Waals surface area contributed by atoms with Crippen LogP contribution in [0.4, 0.5) is 11.5 Å². The first-order valence-electron chi connectivity index (χ1n) is 9.10. The molecule has 0 aliphatic carbocycles. The first-order chi connectivity index (χ1) is 12.6. The zero-order valence-corrected chi connectivity index (χ0v) is 15.6. The summed E-state index contributed by atoms with van der Waals surface area (Å²) in [6, 6.07) is 15.8. The van der Waals surface area contributed by atoms with E-state index >= 15 is 0 Å². The van der Waals surface area contributed by atoms with Crippen LogP contribution in [0.5, 0.6) is 0 Å². The Hall–Kier alpha value is -2.88. The van der Waals surface area contributed by atoms with E-state index in [1.54, 1.807) is 0 Å². The van der Waals surface area contributed by atoms with E-state index in [0.717, 1.165) is 35.0 Å². The zero-order chi connectivity index (χ0) is 18.5. The maximum absolute atomic E-state index is 12.7. The standard InChI is InChI=1S/C22H25N3O/c1-4-5-12-23-22(26)18-14-21(25-20-9-7-6-8-17(18)20)24-19-11-10-15(2)13-16(19)3/h6-11,13-14H,4-5,12H2,1-3H3,(H,23,26)(H,24,25). The van der Waals surface area contributed by atoms with Crippen molar-refractivity contribution in [3.8, 4) is 0 Å². The summed E-state index contributed by atoms with van der Waals surface area (Å²) in [5, 5.41) is 7.24. The van der Waals surface area contributed by atoms with E-state index in [0.29, 0.717) is 17.9 Å². The molecule has 4 heteroatoms. The molecular weight excluding hydrogens is 322 g/mol. The van der Waals surface area contributed by atoms with Crippen LogP contribution in [0.15, 0.2) is 48.5 Å². The average Bonchev–Trinajstić information content (AvgIpc) is 2.63. The van der Waals surface area contributed by atoms with Crippen molar-refractivity contribution in [2.45, 2.75) is 33.6 Å². The van der Waals surface area contributed by atoms with Crippen LogP contribution in [-0.4, -0.2) is 17.4 Å². The number of benzene rings is 2. The highest BCUT2D eigenvalue weighted by Gasteiger charge is 2.13. The fraction of sp³-hybridized carbons (Fsp3) is 0.273. The van der Waals surface area contributed by atoms with Gasteiger partial charge in [-0.25, -0.2) is 4.98 Å². The van der Waals surface area contributed by atoms with E-state index in [-0.39, 0.29) is 5.91 Å². The SMILES string of the molecule is CCCCNC(=O)c1cc(Nc2ccc(C)cc2C)nc2ccccc12. The number of rotatable bonds is 6. The van der Waals surface area contributed by atoms with E-state index < -0.39 is 0 Å². The van der Waals surface area contributed by atoms with Gasteiger partial charge in [0.05, 0.1) is 11.1 Å². The Balaban J connectivity index is 1.97. The quantitative estimate of drug-likeness (QED) is 0.608. The van der Waals surface area contributed by atoms with Gasteiger partial charge in [0, 0.05) is 17.6 Å². The molecule has 1 aromatic heterocycles. The molecule has 4 nitrogen and oxygen atoms in total. The summed E-state index contributed by atoms with van der Waals surface area (Å²) in [5.41, 5.74) is 4.82. The summed E-state index contributed by atoms with van der Waals surface area (Å²) < 4.78 is 0. The normalized spacial score (nSPS) is 10.7. The predicted octanol–water partition coefficient (Wildman–Crippen LogP) is 5.13. The van der Waals surface area contributed by atoms with Crippen molar-refractivity contribution in [1.29, 1.82) is 0 Å². The average molecular weight is 347 g/mol. The largest absolute Gasteiger partial charge is 0.352 e. The minimum Gasteiger partial charge on any atom is -0.352 e. The van der Waals surface area contributed by atoms with E-state index in [1.807, 2.05) is 36.4 Å². The summed E-state index contributed by atoms with van der Waals surface area (Å²) >= 11 is 0. The molecular formula is C22H25N3O. The Bertz CT molecular complexity index is 934. The fourth-order valence-electron chi connectivity index (χ4n) is 2.99. The van der Waals surface area contributed by atoms with Gasteiger partial charge in [0.2, 0.25) is 0 Å². The van der Waals surface area contributed by atoms with Crippen molar-refractivity contribution in [2.75, 3.05) is 11.9 Å². The van der Waals surface area contributed by atoms with Gasteiger partial charge in [0.1, 0.15) is 5.82 Å². The highest BCUT2D eigenvalue weighted by molar-refractivity contribution is 6.07. The minimum atomic E-state index is -0.0549. The Labute approximate surface area is 154 Å². The topological polar surface area (TPSA) is 54.0 Å². The van der Waals surface area contributed by atoms with Crippen LogP contribution in [0.1, 0.15) is 41.3 Å². The number of hydrogen-bond acceptors (Lipinski definition) is 3. The molecule has 0 radical (unpaired) electrons. The number of para-hydroxylation sites is 1. The summed E-state index contributed by atoms with van der Waals surface area (Å²) in [7, 11) is 0. The molecule has 3 rings (SSSR count). The van der Waals surface area contributed by atoms with Crippen molar-refractivity contribution >= 4 is 28.3 Å². The number of fused-ring (bicyclic) bond motifs is 1. The van der Waals surface area contributed by atoms with Crippen molar-refractivity contribution in [1.82, 2.24) is 10.3 Å². The molecule has 0 aliphatic rings. The van der Waals surface area contributed by atoms with Crippen LogP contribution in [0.3, 0.4) is 0 Å². The number of anilines is 2. The van der Waals surface area contributed by atoms with Crippen LogP contribution in [0.2, 0.25) is 0 Å². The molecule has 0 aliphatic heterocycles. The molecule has 0 saturated heterocycles. The smallest absolute Gasteiger partial charge is 0.252 e. The molecule has 0 spiro atoms. The highest BCUT2D eigenvalue weighted by atomic mass is 16.1. The van der Waals surface area contributed by atoms with Crippen molar-refractivity contribution in [3.05, 3.63) is 65.2 Å². The number of hydrogen-bond donors (Lipinski definition) is 2. The first-order valence-corrected chi connectivity index (χ1v) is 9.10. The van der Waals surface area contributed by atoms with Crippen molar-refractivity contribution in [2.24, 2.45) is 0 Å². The fourth-order valence-corrected chi connectivity index (χ4v) is 2.99. The zero-order valence-electron chi connectivity index (χ0n) is 15.6. The summed E-state index contributed by atoms with van der Waals surface area (Å²) in [5.74, 6) is 0.622. The molecule has 1 heterocycles. The summed E-state index contributed by atoms with van der Waals surface area (Å²) in [6.07, 6.45) is 2.03. The number of amides is 1. The summed E-state index contributed by atoms with van der Waals surface area (Å²) in [6.45, 7) is 6.93. The molecule has 0 bridgehead atoms. The van der Waals surface area contributed by atoms with Crippen LogP contribution in [0, 0.1) is 13.8 Å². The maximum Gasteiger partial charge on any atom is 0.252 e. The maximum atomic E-state index is 12.7. The molecule has 2 aromatic carbocycles. The van der Waals surface area contributed by atoms with Gasteiger partial charge >= 0.3 is 0 Å². The molecule has 1 amide bonds. The van der Waals surface area contributed by atoms with Gasteiger partial charge in [-0.3, -0.25) is 4.79 Å². The number of nitrogens with one attached hydrogen (secondary N) is 2. The molecule has 0 atom stereocenters.